The van der Waals surface area contributed by atoms with Gasteiger partial charge in [0.2, 0.25) is 0 Å². The lowest BCUT2D eigenvalue weighted by Crippen LogP contribution is -2.12. The maximum Gasteiger partial charge on any atom is 0.137 e. The van der Waals surface area contributed by atoms with Crippen molar-refractivity contribution in [3.8, 4) is 0 Å². The number of hydrogen-bond donors (Lipinski definition) is 1. The van der Waals surface area contributed by atoms with Crippen molar-refractivity contribution in [1.82, 2.24) is 9.97 Å². The number of fused-ring (bicyclic) bond motifs is 1. The molecule has 0 radical (unpaired) electrons. The fourth-order valence-electron chi connectivity index (χ4n) is 1.67. The summed E-state index contributed by atoms with van der Waals surface area (Å²) in [6.45, 7) is 0. The number of pyridine rings is 1. The average molecular weight is 204 g/mol. The summed E-state index contributed by atoms with van der Waals surface area (Å²) in [4.78, 5) is 8.79. The Morgan fingerprint density at radius 1 is 1.43 bits per heavy atom. The first-order valence-corrected chi connectivity index (χ1v) is 5.89. The molecule has 72 valence electrons. The number of hydrogen-bond acceptors (Lipinski definition) is 2. The molecule has 1 aliphatic rings. The summed E-state index contributed by atoms with van der Waals surface area (Å²) in [7, 11) is 0. The number of aromatic amines is 1. The van der Waals surface area contributed by atoms with Crippen LogP contribution in [0, 0.1) is 0 Å². The van der Waals surface area contributed by atoms with Crippen LogP contribution in [0.25, 0.3) is 11.0 Å². The first-order chi connectivity index (χ1) is 6.92. The fourth-order valence-corrected chi connectivity index (χ4v) is 2.93. The molecule has 0 amide bonds. The normalized spacial score (nSPS) is 17.1. The van der Waals surface area contributed by atoms with Crippen LogP contribution in [0.2, 0.25) is 0 Å². The summed E-state index contributed by atoms with van der Waals surface area (Å²) in [5.41, 5.74) is 0.989. The van der Waals surface area contributed by atoms with Gasteiger partial charge in [0.25, 0.3) is 0 Å². The van der Waals surface area contributed by atoms with Crippen molar-refractivity contribution >= 4 is 22.8 Å². The molecule has 1 N–H and O–H groups in total. The molecule has 2 aromatic heterocycles. The second-order valence-electron chi connectivity index (χ2n) is 3.76. The Labute approximate surface area is 87.1 Å². The molecule has 0 bridgehead atoms. The van der Waals surface area contributed by atoms with Crippen molar-refractivity contribution in [2.75, 3.05) is 0 Å². The predicted molar refractivity (Wildman–Crippen MR) is 59.6 cm³/mol. The van der Waals surface area contributed by atoms with E-state index in [1.165, 1.54) is 29.5 Å². The van der Waals surface area contributed by atoms with Crippen molar-refractivity contribution in [3.05, 3.63) is 24.5 Å². The van der Waals surface area contributed by atoms with E-state index in [4.69, 9.17) is 0 Å². The van der Waals surface area contributed by atoms with Crippen LogP contribution in [0.1, 0.15) is 19.3 Å². The number of H-pyrrole nitrogens is 1. The molecule has 2 heterocycles. The Hall–Kier alpha value is -0.960. The quantitative estimate of drug-likeness (QED) is 0.813. The highest BCUT2D eigenvalue weighted by Gasteiger charge is 2.18. The molecule has 1 aliphatic carbocycles. The van der Waals surface area contributed by atoms with Gasteiger partial charge in [0, 0.05) is 27.9 Å². The Kier molecular flexibility index (Phi) is 1.98. The molecule has 2 aromatic rings. The molecular formula is C11H12N2S. The van der Waals surface area contributed by atoms with Gasteiger partial charge in [-0.1, -0.05) is 6.42 Å². The minimum Gasteiger partial charge on any atom is -0.346 e. The molecule has 3 heteroatoms. The van der Waals surface area contributed by atoms with Gasteiger partial charge in [-0.3, -0.25) is 0 Å². The second-order valence-corrected chi connectivity index (χ2v) is 5.13. The van der Waals surface area contributed by atoms with Gasteiger partial charge in [-0.05, 0) is 25.0 Å². The summed E-state index contributed by atoms with van der Waals surface area (Å²) in [5, 5.41) is 2.06. The highest BCUT2D eigenvalue weighted by Crippen LogP contribution is 2.36. The van der Waals surface area contributed by atoms with Gasteiger partial charge in [0.05, 0.1) is 0 Å². The summed E-state index contributed by atoms with van der Waals surface area (Å²) in [6.07, 6.45) is 8.06. The van der Waals surface area contributed by atoms with E-state index >= 15 is 0 Å². The molecule has 0 atom stereocenters. The van der Waals surface area contributed by atoms with E-state index in [1.54, 1.807) is 0 Å². The molecule has 0 aromatic carbocycles. The van der Waals surface area contributed by atoms with Gasteiger partial charge in [-0.25, -0.2) is 4.98 Å². The third-order valence-electron chi connectivity index (χ3n) is 2.73. The van der Waals surface area contributed by atoms with Crippen LogP contribution in [-0.4, -0.2) is 15.2 Å². The molecule has 1 saturated carbocycles. The van der Waals surface area contributed by atoms with E-state index in [1.807, 2.05) is 24.2 Å². The van der Waals surface area contributed by atoms with Crippen LogP contribution in [0.15, 0.2) is 29.4 Å². The van der Waals surface area contributed by atoms with E-state index < -0.39 is 0 Å². The van der Waals surface area contributed by atoms with Gasteiger partial charge in [-0.15, -0.1) is 11.8 Å². The third-order valence-corrected chi connectivity index (χ3v) is 4.03. The van der Waals surface area contributed by atoms with Crippen LogP contribution < -0.4 is 0 Å². The molecule has 0 aliphatic heterocycles. The maximum atomic E-state index is 4.38. The van der Waals surface area contributed by atoms with E-state index in [9.17, 15) is 0 Å². The van der Waals surface area contributed by atoms with E-state index in [-0.39, 0.29) is 0 Å². The Morgan fingerprint density at radius 3 is 3.14 bits per heavy atom. The fraction of sp³-hybridized carbons (Fsp3) is 0.364. The number of nitrogens with zero attached hydrogens (tertiary/aromatic N) is 1. The average Bonchev–Trinajstić information content (AvgIpc) is 2.58. The van der Waals surface area contributed by atoms with Crippen molar-refractivity contribution in [1.29, 1.82) is 0 Å². The molecule has 0 unspecified atom stereocenters. The minimum absolute atomic E-state index is 0.841. The molecule has 0 saturated heterocycles. The Morgan fingerprint density at radius 2 is 2.36 bits per heavy atom. The van der Waals surface area contributed by atoms with Gasteiger partial charge in [0.15, 0.2) is 0 Å². The van der Waals surface area contributed by atoms with Crippen LogP contribution in [-0.2, 0) is 0 Å². The smallest absolute Gasteiger partial charge is 0.137 e. The van der Waals surface area contributed by atoms with Crippen molar-refractivity contribution in [3.63, 3.8) is 0 Å². The number of aromatic nitrogens is 2. The first-order valence-electron chi connectivity index (χ1n) is 5.01. The summed E-state index contributed by atoms with van der Waals surface area (Å²) in [5.74, 6) is 0. The van der Waals surface area contributed by atoms with Gasteiger partial charge in [-0.2, -0.15) is 0 Å². The molecule has 1 fully saturated rings. The lowest BCUT2D eigenvalue weighted by molar-refractivity contribution is 0.522. The van der Waals surface area contributed by atoms with Crippen molar-refractivity contribution in [2.24, 2.45) is 0 Å². The number of nitrogens with one attached hydrogen (secondary N) is 1. The zero-order chi connectivity index (χ0) is 9.38. The zero-order valence-electron chi connectivity index (χ0n) is 7.86. The highest BCUT2D eigenvalue weighted by molar-refractivity contribution is 8.00. The van der Waals surface area contributed by atoms with Gasteiger partial charge in [0.1, 0.15) is 5.65 Å². The zero-order valence-corrected chi connectivity index (χ0v) is 8.68. The van der Waals surface area contributed by atoms with E-state index in [0.29, 0.717) is 0 Å². The summed E-state index contributed by atoms with van der Waals surface area (Å²) >= 11 is 1.97. The minimum atomic E-state index is 0.841. The SMILES string of the molecule is c1cc2cc(SC3CCC3)cnc2[nH]1. The largest absolute Gasteiger partial charge is 0.346 e. The lowest BCUT2D eigenvalue weighted by Gasteiger charge is -2.24. The Bertz CT molecular complexity index is 445. The van der Waals surface area contributed by atoms with E-state index in [2.05, 4.69) is 22.1 Å². The lowest BCUT2D eigenvalue weighted by atomic mass is 10.0. The van der Waals surface area contributed by atoms with Crippen LogP contribution >= 0.6 is 11.8 Å². The van der Waals surface area contributed by atoms with Crippen molar-refractivity contribution < 1.29 is 0 Å². The van der Waals surface area contributed by atoms with Crippen LogP contribution in [0.5, 0.6) is 0 Å². The molecule has 3 rings (SSSR count). The van der Waals surface area contributed by atoms with Crippen LogP contribution in [0.4, 0.5) is 0 Å². The first kappa shape index (κ1) is 8.36. The predicted octanol–water partition coefficient (Wildman–Crippen LogP) is 3.21. The standard InChI is InChI=1S/C11H12N2S/c1-2-9(3-1)14-10-6-8-4-5-12-11(8)13-7-10/h4-7,9H,1-3H2,(H,12,13). The number of thioether (sulfide) groups is 1. The maximum absolute atomic E-state index is 4.38. The van der Waals surface area contributed by atoms with Gasteiger partial charge >= 0.3 is 0 Å². The molecule has 2 nitrogen and oxygen atoms in total. The topological polar surface area (TPSA) is 28.7 Å². The van der Waals surface area contributed by atoms with Crippen LogP contribution in [0.3, 0.4) is 0 Å². The third kappa shape index (κ3) is 1.42. The van der Waals surface area contributed by atoms with E-state index in [0.717, 1.165) is 10.9 Å². The second kappa shape index (κ2) is 3.31. The molecule has 14 heavy (non-hydrogen) atoms. The Balaban J connectivity index is 1.88. The monoisotopic (exact) mass is 204 g/mol. The van der Waals surface area contributed by atoms with Crippen molar-refractivity contribution in [2.45, 2.75) is 29.4 Å². The summed E-state index contributed by atoms with van der Waals surface area (Å²) in [6, 6.07) is 4.30. The number of rotatable bonds is 2. The highest BCUT2D eigenvalue weighted by atomic mass is 32.2. The van der Waals surface area contributed by atoms with Gasteiger partial charge < -0.3 is 4.98 Å². The molecule has 0 spiro atoms. The molecular weight excluding hydrogens is 192 g/mol. The summed E-state index contributed by atoms with van der Waals surface area (Å²) < 4.78 is 0.